The van der Waals surface area contributed by atoms with Gasteiger partial charge in [0.1, 0.15) is 5.58 Å². The van der Waals surface area contributed by atoms with Gasteiger partial charge in [-0.25, -0.2) is 4.79 Å². The number of rotatable bonds is 4. The topological polar surface area (TPSA) is 76.5 Å². The van der Waals surface area contributed by atoms with Gasteiger partial charge in [-0.15, -0.1) is 0 Å². The van der Waals surface area contributed by atoms with Crippen molar-refractivity contribution >= 4 is 34.2 Å². The molecule has 0 saturated carbocycles. The van der Waals surface area contributed by atoms with E-state index in [1.54, 1.807) is 44.4 Å². The zero-order chi connectivity index (χ0) is 18.8. The second-order valence-corrected chi connectivity index (χ2v) is 6.81. The minimum absolute atomic E-state index is 0.0904. The van der Waals surface area contributed by atoms with Crippen molar-refractivity contribution < 1.29 is 9.21 Å². The predicted molar refractivity (Wildman–Crippen MR) is 104 cm³/mol. The maximum atomic E-state index is 12.6. The number of likely N-dealkylation sites (N-methyl/N-ethyl adjacent to an activating group) is 1. The second-order valence-electron chi connectivity index (χ2n) is 6.37. The Bertz CT molecular complexity index is 1040. The lowest BCUT2D eigenvalue weighted by molar-refractivity contribution is -0.127. The molecule has 0 unspecified atom stereocenters. The Balaban J connectivity index is 2.20. The van der Waals surface area contributed by atoms with Gasteiger partial charge in [0.05, 0.1) is 6.42 Å². The Hall–Kier alpha value is -2.79. The summed E-state index contributed by atoms with van der Waals surface area (Å²) in [5.41, 5.74) is 8.37. The number of anilines is 1. The first-order valence-electron chi connectivity index (χ1n) is 8.14. The Morgan fingerprint density at radius 3 is 2.62 bits per heavy atom. The first-order valence-corrected chi connectivity index (χ1v) is 8.51. The molecule has 26 heavy (non-hydrogen) atoms. The maximum absolute atomic E-state index is 12.6. The van der Waals surface area contributed by atoms with Gasteiger partial charge in [-0.1, -0.05) is 23.7 Å². The molecule has 0 saturated heterocycles. The fourth-order valence-corrected chi connectivity index (χ4v) is 3.04. The normalized spacial score (nSPS) is 10.9. The monoisotopic (exact) mass is 370 g/mol. The Kier molecular flexibility index (Phi) is 5.00. The molecule has 0 aliphatic heterocycles. The molecule has 6 heteroatoms. The third-order valence-corrected chi connectivity index (χ3v) is 4.47. The SMILES string of the molecule is CN(C)C(=O)Cc1c(Cc2cccc(N)c2)c(=O)oc2ccc(Cl)cc12. The van der Waals surface area contributed by atoms with E-state index in [-0.39, 0.29) is 12.3 Å². The highest BCUT2D eigenvalue weighted by atomic mass is 35.5. The van der Waals surface area contributed by atoms with Gasteiger partial charge in [-0.3, -0.25) is 4.79 Å². The largest absolute Gasteiger partial charge is 0.423 e. The summed E-state index contributed by atoms with van der Waals surface area (Å²) >= 11 is 6.13. The lowest BCUT2D eigenvalue weighted by Gasteiger charge is -2.15. The minimum Gasteiger partial charge on any atom is -0.423 e. The molecule has 1 aromatic heterocycles. The second kappa shape index (κ2) is 7.22. The summed E-state index contributed by atoms with van der Waals surface area (Å²) in [6, 6.07) is 12.3. The van der Waals surface area contributed by atoms with Crippen molar-refractivity contribution in [3.05, 3.63) is 74.6 Å². The number of amides is 1. The Morgan fingerprint density at radius 2 is 1.92 bits per heavy atom. The highest BCUT2D eigenvalue weighted by molar-refractivity contribution is 6.31. The molecule has 1 amide bonds. The lowest BCUT2D eigenvalue weighted by atomic mass is 9.96. The van der Waals surface area contributed by atoms with E-state index in [1.807, 2.05) is 12.1 Å². The van der Waals surface area contributed by atoms with E-state index in [4.69, 9.17) is 21.8 Å². The van der Waals surface area contributed by atoms with Crippen LogP contribution in [0, 0.1) is 0 Å². The predicted octanol–water partition coefficient (Wildman–Crippen LogP) is 3.25. The molecule has 2 aromatic carbocycles. The standard InChI is InChI=1S/C20H19ClN2O3/c1-23(2)19(24)11-15-16-10-13(21)6-7-18(16)26-20(25)17(15)9-12-4-3-5-14(22)8-12/h3-8,10H,9,11,22H2,1-2H3. The van der Waals surface area contributed by atoms with Gasteiger partial charge < -0.3 is 15.1 Å². The minimum atomic E-state index is -0.455. The van der Waals surface area contributed by atoms with Crippen LogP contribution in [0.2, 0.25) is 5.02 Å². The summed E-state index contributed by atoms with van der Waals surface area (Å²) in [6.07, 6.45) is 0.416. The highest BCUT2D eigenvalue weighted by Crippen LogP contribution is 2.26. The number of nitrogens with zero attached hydrogens (tertiary/aromatic N) is 1. The molecule has 0 aliphatic rings. The summed E-state index contributed by atoms with van der Waals surface area (Å²) in [5, 5.41) is 1.19. The van der Waals surface area contributed by atoms with E-state index in [0.29, 0.717) is 39.2 Å². The van der Waals surface area contributed by atoms with Crippen LogP contribution < -0.4 is 11.4 Å². The van der Waals surface area contributed by atoms with Crippen LogP contribution in [-0.4, -0.2) is 24.9 Å². The molecule has 2 N–H and O–H groups in total. The van der Waals surface area contributed by atoms with Crippen molar-refractivity contribution in [3.8, 4) is 0 Å². The number of nitrogens with two attached hydrogens (primary N) is 1. The van der Waals surface area contributed by atoms with Crippen molar-refractivity contribution in [2.24, 2.45) is 0 Å². The molecule has 0 spiro atoms. The van der Waals surface area contributed by atoms with Crippen molar-refractivity contribution in [1.29, 1.82) is 0 Å². The van der Waals surface area contributed by atoms with E-state index < -0.39 is 5.63 Å². The number of benzene rings is 2. The first kappa shape index (κ1) is 18.0. The Morgan fingerprint density at radius 1 is 1.15 bits per heavy atom. The molecule has 0 radical (unpaired) electrons. The third kappa shape index (κ3) is 3.73. The molecule has 134 valence electrons. The molecule has 0 bridgehead atoms. The zero-order valence-electron chi connectivity index (χ0n) is 14.6. The molecule has 0 aliphatic carbocycles. The van der Waals surface area contributed by atoms with Crippen molar-refractivity contribution in [1.82, 2.24) is 4.90 Å². The number of hydrogen-bond donors (Lipinski definition) is 1. The summed E-state index contributed by atoms with van der Waals surface area (Å²) in [4.78, 5) is 26.5. The van der Waals surface area contributed by atoms with Gasteiger partial charge in [0.25, 0.3) is 0 Å². The van der Waals surface area contributed by atoms with Crippen LogP contribution in [0.25, 0.3) is 11.0 Å². The van der Waals surface area contributed by atoms with Gasteiger partial charge in [-0.2, -0.15) is 0 Å². The number of halogens is 1. The van der Waals surface area contributed by atoms with Crippen LogP contribution in [0.3, 0.4) is 0 Å². The third-order valence-electron chi connectivity index (χ3n) is 4.24. The summed E-state index contributed by atoms with van der Waals surface area (Å²) in [5.74, 6) is -0.106. The number of carbonyl (C=O) groups is 1. The molecule has 0 atom stereocenters. The summed E-state index contributed by atoms with van der Waals surface area (Å²) < 4.78 is 5.46. The summed E-state index contributed by atoms with van der Waals surface area (Å²) in [6.45, 7) is 0. The maximum Gasteiger partial charge on any atom is 0.340 e. The first-order chi connectivity index (χ1) is 12.3. The van der Waals surface area contributed by atoms with Crippen molar-refractivity contribution in [2.75, 3.05) is 19.8 Å². The van der Waals surface area contributed by atoms with E-state index >= 15 is 0 Å². The fourth-order valence-electron chi connectivity index (χ4n) is 2.87. The average molecular weight is 371 g/mol. The van der Waals surface area contributed by atoms with Crippen LogP contribution >= 0.6 is 11.6 Å². The van der Waals surface area contributed by atoms with Crippen LogP contribution in [0.15, 0.2) is 51.7 Å². The smallest absolute Gasteiger partial charge is 0.340 e. The van der Waals surface area contributed by atoms with Crippen LogP contribution in [-0.2, 0) is 17.6 Å². The van der Waals surface area contributed by atoms with Crippen LogP contribution in [0.5, 0.6) is 0 Å². The van der Waals surface area contributed by atoms with Gasteiger partial charge in [0.2, 0.25) is 5.91 Å². The highest BCUT2D eigenvalue weighted by Gasteiger charge is 2.19. The average Bonchev–Trinajstić information content (AvgIpc) is 2.58. The van der Waals surface area contributed by atoms with Gasteiger partial charge in [-0.05, 0) is 41.5 Å². The van der Waals surface area contributed by atoms with E-state index in [1.165, 1.54) is 4.90 Å². The van der Waals surface area contributed by atoms with E-state index in [0.717, 1.165) is 5.56 Å². The number of hydrogen-bond acceptors (Lipinski definition) is 4. The van der Waals surface area contributed by atoms with Crippen molar-refractivity contribution in [3.63, 3.8) is 0 Å². The molecular weight excluding hydrogens is 352 g/mol. The Labute approximate surface area is 156 Å². The van der Waals surface area contributed by atoms with Crippen LogP contribution in [0.1, 0.15) is 16.7 Å². The number of fused-ring (bicyclic) bond motifs is 1. The number of nitrogen functional groups attached to an aromatic ring is 1. The molecular formula is C20H19ClN2O3. The van der Waals surface area contributed by atoms with Crippen molar-refractivity contribution in [2.45, 2.75) is 12.8 Å². The molecule has 1 heterocycles. The number of carbonyl (C=O) groups excluding carboxylic acids is 1. The van der Waals surface area contributed by atoms with Crippen LogP contribution in [0.4, 0.5) is 5.69 Å². The quantitative estimate of drug-likeness (QED) is 0.565. The fraction of sp³-hybridized carbons (Fsp3) is 0.200. The summed E-state index contributed by atoms with van der Waals surface area (Å²) in [7, 11) is 3.36. The molecule has 0 fully saturated rings. The van der Waals surface area contributed by atoms with Gasteiger partial charge in [0.15, 0.2) is 0 Å². The van der Waals surface area contributed by atoms with Gasteiger partial charge in [0, 0.05) is 42.2 Å². The molecule has 3 aromatic rings. The van der Waals surface area contributed by atoms with E-state index in [2.05, 4.69) is 0 Å². The molecule has 3 rings (SSSR count). The molecule has 5 nitrogen and oxygen atoms in total. The lowest BCUT2D eigenvalue weighted by Crippen LogP contribution is -2.25. The van der Waals surface area contributed by atoms with Gasteiger partial charge >= 0.3 is 5.63 Å². The zero-order valence-corrected chi connectivity index (χ0v) is 15.3. The van der Waals surface area contributed by atoms with E-state index in [9.17, 15) is 9.59 Å².